The summed E-state index contributed by atoms with van der Waals surface area (Å²) >= 11 is 0. The minimum absolute atomic E-state index is 0.0757. The molecule has 1 amide bonds. The molecule has 5 nitrogen and oxygen atoms in total. The molecule has 1 heterocycles. The summed E-state index contributed by atoms with van der Waals surface area (Å²) in [4.78, 5) is 16.0. The zero-order valence-corrected chi connectivity index (χ0v) is 10.9. The Morgan fingerprint density at radius 2 is 2.16 bits per heavy atom. The van der Waals surface area contributed by atoms with Crippen molar-refractivity contribution in [2.24, 2.45) is 11.5 Å². The van der Waals surface area contributed by atoms with Crippen molar-refractivity contribution in [3.05, 3.63) is 35.9 Å². The number of carbonyl (C=O) groups is 1. The van der Waals surface area contributed by atoms with Crippen LogP contribution >= 0.6 is 0 Å². The minimum Gasteiger partial charge on any atom is -0.365 e. The van der Waals surface area contributed by atoms with Crippen LogP contribution in [0.1, 0.15) is 23.7 Å². The van der Waals surface area contributed by atoms with Gasteiger partial charge in [0.05, 0.1) is 11.1 Å². The maximum atomic E-state index is 11.5. The zero-order chi connectivity index (χ0) is 13.8. The van der Waals surface area contributed by atoms with Gasteiger partial charge in [-0.15, -0.1) is 0 Å². The van der Waals surface area contributed by atoms with Crippen molar-refractivity contribution in [2.75, 3.05) is 11.9 Å². The molecule has 0 aliphatic heterocycles. The van der Waals surface area contributed by atoms with Crippen LogP contribution in [0.5, 0.6) is 0 Å². The van der Waals surface area contributed by atoms with Crippen LogP contribution in [0.25, 0.3) is 10.9 Å². The van der Waals surface area contributed by atoms with Crippen molar-refractivity contribution < 1.29 is 4.79 Å². The molecule has 1 aromatic heterocycles. The lowest BCUT2D eigenvalue weighted by atomic mass is 10.1. The van der Waals surface area contributed by atoms with Crippen LogP contribution in [-0.4, -0.2) is 23.5 Å². The number of anilines is 1. The highest BCUT2D eigenvalue weighted by molar-refractivity contribution is 6.01. The average molecular weight is 258 g/mol. The molecule has 1 unspecified atom stereocenters. The molecule has 100 valence electrons. The summed E-state index contributed by atoms with van der Waals surface area (Å²) in [5, 5.41) is 4.07. The third kappa shape index (κ3) is 2.82. The molecule has 5 N–H and O–H groups in total. The first-order valence-electron chi connectivity index (χ1n) is 6.32. The Balaban J connectivity index is 2.50. The topological polar surface area (TPSA) is 94.0 Å². The van der Waals surface area contributed by atoms with Crippen LogP contribution in [0.15, 0.2) is 30.3 Å². The second-order valence-electron chi connectivity index (χ2n) is 4.43. The lowest BCUT2D eigenvalue weighted by molar-refractivity contribution is 0.100. The minimum atomic E-state index is -0.493. The van der Waals surface area contributed by atoms with E-state index in [-0.39, 0.29) is 6.04 Å². The molecule has 0 spiro atoms. The average Bonchev–Trinajstić information content (AvgIpc) is 2.43. The van der Waals surface area contributed by atoms with Gasteiger partial charge in [0, 0.05) is 18.0 Å². The van der Waals surface area contributed by atoms with Crippen LogP contribution in [0.3, 0.4) is 0 Å². The molecule has 2 aromatic rings. The van der Waals surface area contributed by atoms with E-state index in [2.05, 4.69) is 10.3 Å². The first-order valence-corrected chi connectivity index (χ1v) is 6.32. The number of nitrogens with two attached hydrogens (primary N) is 2. The van der Waals surface area contributed by atoms with E-state index in [9.17, 15) is 4.79 Å². The van der Waals surface area contributed by atoms with Gasteiger partial charge in [0.25, 0.3) is 5.91 Å². The Hall–Kier alpha value is -2.14. The van der Waals surface area contributed by atoms with Gasteiger partial charge in [0.15, 0.2) is 0 Å². The first-order chi connectivity index (χ1) is 9.15. The maximum absolute atomic E-state index is 11.5. The SMILES string of the molecule is CCC(CN)Nc1nc2ccccc2cc1C(N)=O. The Bertz CT molecular complexity index is 593. The summed E-state index contributed by atoms with van der Waals surface area (Å²) in [6, 6.07) is 9.44. The van der Waals surface area contributed by atoms with Crippen molar-refractivity contribution in [1.29, 1.82) is 0 Å². The van der Waals surface area contributed by atoms with E-state index in [4.69, 9.17) is 11.5 Å². The highest BCUT2D eigenvalue weighted by atomic mass is 16.1. The Labute approximate surface area is 112 Å². The number of para-hydroxylation sites is 1. The third-order valence-corrected chi connectivity index (χ3v) is 3.11. The summed E-state index contributed by atoms with van der Waals surface area (Å²) in [5.74, 6) is 0.0103. The monoisotopic (exact) mass is 258 g/mol. The number of hydrogen-bond donors (Lipinski definition) is 3. The van der Waals surface area contributed by atoms with Crippen molar-refractivity contribution in [3.8, 4) is 0 Å². The fourth-order valence-corrected chi connectivity index (χ4v) is 1.93. The third-order valence-electron chi connectivity index (χ3n) is 3.11. The molecular weight excluding hydrogens is 240 g/mol. The summed E-state index contributed by atoms with van der Waals surface area (Å²) < 4.78 is 0. The Morgan fingerprint density at radius 3 is 2.79 bits per heavy atom. The predicted octanol–water partition coefficient (Wildman–Crippen LogP) is 1.48. The molecule has 2 rings (SSSR count). The lowest BCUT2D eigenvalue weighted by Crippen LogP contribution is -2.29. The quantitative estimate of drug-likeness (QED) is 0.757. The molecule has 0 radical (unpaired) electrons. The zero-order valence-electron chi connectivity index (χ0n) is 10.9. The van der Waals surface area contributed by atoms with Crippen LogP contribution in [-0.2, 0) is 0 Å². The number of nitrogens with one attached hydrogen (secondary N) is 1. The number of nitrogens with zero attached hydrogens (tertiary/aromatic N) is 1. The highest BCUT2D eigenvalue weighted by Crippen LogP contribution is 2.21. The summed E-state index contributed by atoms with van der Waals surface area (Å²) in [6.07, 6.45) is 0.850. The predicted molar refractivity (Wildman–Crippen MR) is 77.0 cm³/mol. The van der Waals surface area contributed by atoms with Gasteiger partial charge in [0.2, 0.25) is 0 Å². The van der Waals surface area contributed by atoms with Gasteiger partial charge in [-0.25, -0.2) is 4.98 Å². The van der Waals surface area contributed by atoms with Crippen molar-refractivity contribution in [3.63, 3.8) is 0 Å². The Kier molecular flexibility index (Phi) is 3.97. The van der Waals surface area contributed by atoms with Gasteiger partial charge in [-0.2, -0.15) is 0 Å². The van der Waals surface area contributed by atoms with Gasteiger partial charge in [-0.1, -0.05) is 25.1 Å². The van der Waals surface area contributed by atoms with E-state index in [1.807, 2.05) is 31.2 Å². The summed E-state index contributed by atoms with van der Waals surface area (Å²) in [5.41, 5.74) is 12.3. The number of primary amides is 1. The Morgan fingerprint density at radius 1 is 1.42 bits per heavy atom. The molecule has 5 heteroatoms. The highest BCUT2D eigenvalue weighted by Gasteiger charge is 2.14. The number of hydrogen-bond acceptors (Lipinski definition) is 4. The second kappa shape index (κ2) is 5.67. The molecule has 1 atom stereocenters. The van der Waals surface area contributed by atoms with E-state index >= 15 is 0 Å². The standard InChI is InChI=1S/C14H18N4O/c1-2-10(8-15)17-14-11(13(16)19)7-9-5-3-4-6-12(9)18-14/h3-7,10H,2,8,15H2,1H3,(H2,16,19)(H,17,18). The van der Waals surface area contributed by atoms with Crippen LogP contribution in [0.4, 0.5) is 5.82 Å². The molecule has 0 saturated carbocycles. The van der Waals surface area contributed by atoms with Crippen LogP contribution < -0.4 is 16.8 Å². The van der Waals surface area contributed by atoms with Gasteiger partial charge < -0.3 is 16.8 Å². The van der Waals surface area contributed by atoms with Crippen LogP contribution in [0, 0.1) is 0 Å². The van der Waals surface area contributed by atoms with Gasteiger partial charge in [-0.05, 0) is 18.6 Å². The van der Waals surface area contributed by atoms with E-state index in [0.29, 0.717) is 17.9 Å². The second-order valence-corrected chi connectivity index (χ2v) is 4.43. The van der Waals surface area contributed by atoms with Gasteiger partial charge in [0.1, 0.15) is 5.82 Å². The fraction of sp³-hybridized carbons (Fsp3) is 0.286. The van der Waals surface area contributed by atoms with E-state index in [1.54, 1.807) is 6.07 Å². The molecule has 0 aliphatic carbocycles. The number of pyridine rings is 1. The maximum Gasteiger partial charge on any atom is 0.252 e. The number of rotatable bonds is 5. The van der Waals surface area contributed by atoms with Crippen LogP contribution in [0.2, 0.25) is 0 Å². The van der Waals surface area contributed by atoms with Gasteiger partial charge >= 0.3 is 0 Å². The van der Waals surface area contributed by atoms with Crippen molar-refractivity contribution in [1.82, 2.24) is 4.98 Å². The molecule has 0 bridgehead atoms. The largest absolute Gasteiger partial charge is 0.365 e. The molecule has 0 saturated heterocycles. The molecule has 1 aromatic carbocycles. The van der Waals surface area contributed by atoms with E-state index in [1.165, 1.54) is 0 Å². The number of benzene rings is 1. The summed E-state index contributed by atoms with van der Waals surface area (Å²) in [6.45, 7) is 2.50. The number of fused-ring (bicyclic) bond motifs is 1. The smallest absolute Gasteiger partial charge is 0.252 e. The normalized spacial score (nSPS) is 12.3. The molecule has 0 fully saturated rings. The van der Waals surface area contributed by atoms with Gasteiger partial charge in [-0.3, -0.25) is 4.79 Å². The molecule has 19 heavy (non-hydrogen) atoms. The number of amides is 1. The lowest BCUT2D eigenvalue weighted by Gasteiger charge is -2.17. The van der Waals surface area contributed by atoms with Crippen molar-refractivity contribution >= 4 is 22.6 Å². The molecule has 0 aliphatic rings. The fourth-order valence-electron chi connectivity index (χ4n) is 1.93. The van der Waals surface area contributed by atoms with E-state index < -0.39 is 5.91 Å². The van der Waals surface area contributed by atoms with Crippen molar-refractivity contribution in [2.45, 2.75) is 19.4 Å². The molecular formula is C14H18N4O. The number of carbonyl (C=O) groups excluding carboxylic acids is 1. The van der Waals surface area contributed by atoms with E-state index in [0.717, 1.165) is 17.3 Å². The first kappa shape index (κ1) is 13.3. The number of aromatic nitrogens is 1. The summed E-state index contributed by atoms with van der Waals surface area (Å²) in [7, 11) is 0.